The summed E-state index contributed by atoms with van der Waals surface area (Å²) in [6.07, 6.45) is 2.79. The largest absolute Gasteiger partial charge is 0.388 e. The van der Waals surface area contributed by atoms with Crippen LogP contribution in [-0.2, 0) is 51.2 Å². The Morgan fingerprint density at radius 2 is 0.974 bits per heavy atom. The Bertz CT molecular complexity index is 2770. The van der Waals surface area contributed by atoms with E-state index < -0.39 is 59.2 Å². The Morgan fingerprint density at radius 1 is 0.610 bits per heavy atom. The maximum absolute atomic E-state index is 13.4. The van der Waals surface area contributed by atoms with Gasteiger partial charge in [0, 0.05) is 122 Å². The zero-order valence-electron chi connectivity index (χ0n) is 44.8. The minimum Gasteiger partial charge on any atom is -0.388 e. The number of amides is 4. The zero-order valence-corrected chi connectivity index (χ0v) is 44.8. The van der Waals surface area contributed by atoms with Gasteiger partial charge in [-0.3, -0.25) is 38.6 Å². The fourth-order valence-corrected chi connectivity index (χ4v) is 8.70. The summed E-state index contributed by atoms with van der Waals surface area (Å²) in [5.74, 6) is 8.94. The molecule has 0 spiro atoms. The fraction of sp³-hybridized carbons (Fsp3) is 0.433. The van der Waals surface area contributed by atoms with Gasteiger partial charge in [0.2, 0.25) is 0 Å². The maximum Gasteiger partial charge on any atom is 0.254 e. The number of carbonyl (C=O) groups excluding carboxylic acids is 6. The van der Waals surface area contributed by atoms with Crippen LogP contribution < -0.4 is 10.6 Å². The normalized spacial score (nSPS) is 16.9. The molecule has 3 atom stereocenters. The highest BCUT2D eigenvalue weighted by molar-refractivity contribution is 6.15. The van der Waals surface area contributed by atoms with E-state index in [0.717, 1.165) is 84.2 Å². The lowest BCUT2D eigenvalue weighted by atomic mass is 9.92. The predicted octanol–water partition coefficient (Wildman–Crippen LogP) is 4.30. The number of Topliss-reactive ketones (excluding diaryl/α,β-unsaturated/α-hetero) is 2. The third-order valence-electron chi connectivity index (χ3n) is 14.3. The summed E-state index contributed by atoms with van der Waals surface area (Å²) in [5.41, 5.74) is 2.75. The number of carbonyl (C=O) groups is 6. The van der Waals surface area contributed by atoms with Crippen molar-refractivity contribution in [3.63, 3.8) is 0 Å². The molecule has 0 aromatic heterocycles. The minimum atomic E-state index is -1.83. The number of nitrogens with one attached hydrogen (secondary N) is 2. The summed E-state index contributed by atoms with van der Waals surface area (Å²) in [5, 5.41) is 14.2. The van der Waals surface area contributed by atoms with Gasteiger partial charge in [-0.2, -0.15) is 0 Å². The first-order valence-corrected chi connectivity index (χ1v) is 25.3. The second-order valence-electron chi connectivity index (χ2n) is 19.3. The molecular weight excluding hydrogens is 981 g/mol. The van der Waals surface area contributed by atoms with Crippen LogP contribution in [0.2, 0.25) is 0 Å². The lowest BCUT2D eigenvalue weighted by Gasteiger charge is -2.38. The number of ketones is 2. The Labute approximate surface area is 453 Å². The molecule has 3 aliphatic heterocycles. The molecule has 1 unspecified atom stereocenters. The van der Waals surface area contributed by atoms with E-state index in [2.05, 4.69) is 68.4 Å². The van der Waals surface area contributed by atoms with Crippen molar-refractivity contribution in [2.75, 3.05) is 88.4 Å². The molecule has 0 bridgehead atoms. The van der Waals surface area contributed by atoms with Crippen molar-refractivity contribution in [3.05, 3.63) is 142 Å². The molecule has 7 rings (SSSR count). The van der Waals surface area contributed by atoms with Crippen molar-refractivity contribution in [3.8, 4) is 23.7 Å². The van der Waals surface area contributed by atoms with Gasteiger partial charge in [0.25, 0.3) is 23.6 Å². The number of methoxy groups -OCH3 is 2. The number of aliphatic hydroxyl groups is 1. The van der Waals surface area contributed by atoms with E-state index in [4.69, 9.17) is 18.9 Å². The van der Waals surface area contributed by atoms with Crippen molar-refractivity contribution in [2.24, 2.45) is 0 Å². The second-order valence-corrected chi connectivity index (χ2v) is 19.3. The van der Waals surface area contributed by atoms with E-state index in [1.165, 1.54) is 53.2 Å². The molecular formula is C60H74N6O11. The molecule has 0 aliphatic carbocycles. The van der Waals surface area contributed by atoms with E-state index >= 15 is 0 Å². The number of likely N-dealkylation sites (tertiary alicyclic amines) is 2. The van der Waals surface area contributed by atoms with E-state index in [-0.39, 0.29) is 14.0 Å². The minimum absolute atomic E-state index is 0. The molecule has 17 nitrogen and oxygen atoms in total. The number of ether oxygens (including phenoxy) is 4. The molecule has 3 fully saturated rings. The van der Waals surface area contributed by atoms with Gasteiger partial charge in [0.05, 0.1) is 12.2 Å². The molecule has 4 aromatic rings. The first-order valence-electron chi connectivity index (χ1n) is 25.3. The van der Waals surface area contributed by atoms with Gasteiger partial charge in [-0.25, -0.2) is 0 Å². The van der Waals surface area contributed by atoms with E-state index in [1.807, 2.05) is 24.3 Å². The molecule has 0 saturated carbocycles. The summed E-state index contributed by atoms with van der Waals surface area (Å²) in [6, 6.07) is 29.7. The molecule has 17 heteroatoms. The van der Waals surface area contributed by atoms with Crippen LogP contribution in [0.5, 0.6) is 0 Å². The summed E-state index contributed by atoms with van der Waals surface area (Å²) < 4.78 is 21.8. The van der Waals surface area contributed by atoms with Gasteiger partial charge in [-0.15, -0.1) is 0 Å². The molecule has 77 heavy (non-hydrogen) atoms. The van der Waals surface area contributed by atoms with Gasteiger partial charge in [0.1, 0.15) is 13.2 Å². The van der Waals surface area contributed by atoms with E-state index in [1.54, 1.807) is 62.8 Å². The number of likely N-dealkylation sites (N-methyl/N-ethyl adjacent to an activating group) is 4. The van der Waals surface area contributed by atoms with Crippen LogP contribution in [0.25, 0.3) is 0 Å². The molecule has 4 amide bonds. The van der Waals surface area contributed by atoms with Crippen LogP contribution in [0.15, 0.2) is 97.1 Å². The van der Waals surface area contributed by atoms with Crippen LogP contribution in [0.1, 0.15) is 94.6 Å². The van der Waals surface area contributed by atoms with Gasteiger partial charge in [-0.1, -0.05) is 55.4 Å². The number of nitrogens with zero attached hydrogens (tertiary/aromatic N) is 4. The van der Waals surface area contributed by atoms with Crippen LogP contribution in [0.4, 0.5) is 0 Å². The fourth-order valence-electron chi connectivity index (χ4n) is 8.70. The van der Waals surface area contributed by atoms with Crippen LogP contribution in [-0.4, -0.2) is 178 Å². The highest BCUT2D eigenvalue weighted by atomic mass is 16.7. The Morgan fingerprint density at radius 3 is 1.30 bits per heavy atom. The van der Waals surface area contributed by atoms with Crippen molar-refractivity contribution in [1.29, 1.82) is 0 Å². The number of benzene rings is 4. The lowest BCUT2D eigenvalue weighted by Crippen LogP contribution is -2.62. The molecule has 0 radical (unpaired) electrons. The Kier molecular flexibility index (Phi) is 22.4. The van der Waals surface area contributed by atoms with Gasteiger partial charge >= 0.3 is 0 Å². The lowest BCUT2D eigenvalue weighted by molar-refractivity contribution is -0.174. The molecule has 4 aromatic carbocycles. The number of rotatable bonds is 18. The second kappa shape index (κ2) is 28.4. The molecule has 3 aliphatic rings. The third kappa shape index (κ3) is 15.3. The molecule has 3 heterocycles. The Balaban J connectivity index is 0.000000284. The highest BCUT2D eigenvalue weighted by Crippen LogP contribution is 2.23. The van der Waals surface area contributed by atoms with Gasteiger partial charge in [0.15, 0.2) is 28.9 Å². The average molecular weight is 1060 g/mol. The maximum atomic E-state index is 13.4. The van der Waals surface area contributed by atoms with Crippen molar-refractivity contribution >= 4 is 35.2 Å². The van der Waals surface area contributed by atoms with Gasteiger partial charge < -0.3 is 44.5 Å². The standard InChI is InChI=1S/C32H39N3O6.C27H31N3O5.CH4/c1-32(31(38)33-2,28(36)22-41-29-7-5-6-18-40-29)34(3)30(37)26-16-14-24(15-17-26)9-8-23-10-12-25(13-11-23)19-35-20-27(21-35)39-4;1-27(24(32)18-31,26(34)28-2)29(3)25(33)22-13-11-20(12-14-22)6-5-19-7-9-21(10-8-19)15-30-16-23(17-30)35-4;/h10-17,27,29H,5-7,18-22H2,1-4H3,(H,33,38);7-14,23,31H,15-18H2,1-4H3,(H,28,34);1H4/t29?,32-;27-;/m11./s1. The van der Waals surface area contributed by atoms with E-state index in [9.17, 15) is 33.9 Å². The first kappa shape index (κ1) is 60.8. The third-order valence-corrected chi connectivity index (χ3v) is 14.3. The smallest absolute Gasteiger partial charge is 0.254 e. The number of hydrogen-bond donors (Lipinski definition) is 3. The SMILES string of the molecule is C.CNC(=O)[C@@](C)(C(=O)CO)N(C)C(=O)c1ccc(C#Cc2ccc(CN3CC(OC)C3)cc2)cc1.CNC(=O)[C@@](C)(C(=O)COC1CCCCO1)N(C)C(=O)c1ccc(C#Cc2ccc(CN3CC(OC)C3)cc2)cc1. The molecule has 3 N–H and O–H groups in total. The predicted molar refractivity (Wildman–Crippen MR) is 292 cm³/mol. The topological polar surface area (TPSA) is 197 Å². The zero-order chi connectivity index (χ0) is 55.0. The first-order chi connectivity index (χ1) is 36.5. The van der Waals surface area contributed by atoms with E-state index in [0.29, 0.717) is 36.4 Å². The monoisotopic (exact) mass is 1050 g/mol. The molecule has 410 valence electrons. The quantitative estimate of drug-likeness (QED) is 0.0944. The van der Waals surface area contributed by atoms with Crippen molar-refractivity contribution < 1.29 is 52.8 Å². The van der Waals surface area contributed by atoms with Gasteiger partial charge in [-0.05, 0) is 117 Å². The summed E-state index contributed by atoms with van der Waals surface area (Å²) in [4.78, 5) is 83.9. The highest BCUT2D eigenvalue weighted by Gasteiger charge is 2.48. The number of hydrogen-bond acceptors (Lipinski definition) is 13. The Hall–Kier alpha value is -7.06. The van der Waals surface area contributed by atoms with Crippen LogP contribution in [0.3, 0.4) is 0 Å². The van der Waals surface area contributed by atoms with Crippen LogP contribution in [0, 0.1) is 23.7 Å². The van der Waals surface area contributed by atoms with Crippen molar-refractivity contribution in [2.45, 2.75) is 83.2 Å². The summed E-state index contributed by atoms with van der Waals surface area (Å²) in [7, 11) is 9.10. The van der Waals surface area contributed by atoms with Crippen LogP contribution >= 0.6 is 0 Å². The summed E-state index contributed by atoms with van der Waals surface area (Å²) in [6.45, 7) is 7.73. The molecule has 3 saturated heterocycles. The summed E-state index contributed by atoms with van der Waals surface area (Å²) >= 11 is 0. The average Bonchev–Trinajstić information content (AvgIpc) is 3.45. The van der Waals surface area contributed by atoms with Crippen molar-refractivity contribution in [1.82, 2.24) is 30.2 Å². The number of aliphatic hydroxyl groups excluding tert-OH is 1.